The van der Waals surface area contributed by atoms with E-state index in [4.69, 9.17) is 9.53 Å². The van der Waals surface area contributed by atoms with Gasteiger partial charge in [0.05, 0.1) is 0 Å². The zero-order valence-electron chi connectivity index (χ0n) is 11.5. The fourth-order valence-corrected chi connectivity index (χ4v) is 2.28. The van der Waals surface area contributed by atoms with Crippen LogP contribution < -0.4 is 0 Å². The summed E-state index contributed by atoms with van der Waals surface area (Å²) in [6, 6.07) is 0. The molecule has 3 heteroatoms. The van der Waals surface area contributed by atoms with Gasteiger partial charge in [-0.2, -0.15) is 0 Å². The summed E-state index contributed by atoms with van der Waals surface area (Å²) in [5, 5.41) is 9.42. The molecule has 0 amide bonds. The average molecular weight is 244 g/mol. The van der Waals surface area contributed by atoms with Crippen molar-refractivity contribution in [2.75, 3.05) is 13.2 Å². The number of rotatable bonds is 7. The maximum atomic E-state index is 9.15. The Balaban J connectivity index is 4.01. The van der Waals surface area contributed by atoms with Crippen LogP contribution >= 0.6 is 0 Å². The third-order valence-electron chi connectivity index (χ3n) is 3.55. The molecule has 0 radical (unpaired) electrons. The highest BCUT2D eigenvalue weighted by Gasteiger charge is 2.36. The van der Waals surface area contributed by atoms with E-state index in [2.05, 4.69) is 40.4 Å². The van der Waals surface area contributed by atoms with Crippen LogP contribution in [0.15, 0.2) is 12.7 Å². The lowest BCUT2D eigenvalue weighted by Gasteiger charge is -2.36. The lowest BCUT2D eigenvalue weighted by atomic mass is 10.0. The van der Waals surface area contributed by atoms with Crippen LogP contribution in [-0.2, 0) is 4.43 Å². The van der Waals surface area contributed by atoms with Crippen LogP contribution in [-0.4, -0.2) is 26.6 Å². The Morgan fingerprint density at radius 2 is 1.94 bits per heavy atom. The molecule has 0 heterocycles. The lowest BCUT2D eigenvalue weighted by molar-refractivity contribution is 0.186. The summed E-state index contributed by atoms with van der Waals surface area (Å²) >= 11 is 0. The molecule has 0 unspecified atom stereocenters. The zero-order valence-corrected chi connectivity index (χ0v) is 12.5. The van der Waals surface area contributed by atoms with Gasteiger partial charge in [-0.1, -0.05) is 26.8 Å². The van der Waals surface area contributed by atoms with Crippen LogP contribution in [0.3, 0.4) is 0 Å². The first kappa shape index (κ1) is 15.9. The first-order valence-corrected chi connectivity index (χ1v) is 9.01. The topological polar surface area (TPSA) is 29.5 Å². The normalized spacial score (nSPS) is 14.9. The molecule has 0 aliphatic carbocycles. The second-order valence-electron chi connectivity index (χ2n) is 5.97. The zero-order chi connectivity index (χ0) is 12.8. The lowest BCUT2D eigenvalue weighted by Crippen LogP contribution is -2.41. The van der Waals surface area contributed by atoms with Crippen molar-refractivity contribution >= 4 is 8.32 Å². The molecule has 0 saturated heterocycles. The van der Waals surface area contributed by atoms with E-state index in [1.807, 2.05) is 6.08 Å². The van der Waals surface area contributed by atoms with E-state index in [0.717, 1.165) is 19.4 Å². The standard InChI is InChI=1S/C13H28O2Si/c1-7-8-12(11-14)9-10-15-16(5,6)13(2,3)4/h7,12,14H,1,8-11H2,2-6H3/t12-/m0/s1. The Morgan fingerprint density at radius 1 is 1.38 bits per heavy atom. The van der Waals surface area contributed by atoms with Gasteiger partial charge in [0.2, 0.25) is 0 Å². The Morgan fingerprint density at radius 3 is 2.31 bits per heavy atom. The second-order valence-corrected chi connectivity index (χ2v) is 10.8. The Hall–Kier alpha value is -0.123. The van der Waals surface area contributed by atoms with E-state index in [0.29, 0.717) is 5.92 Å². The highest BCUT2D eigenvalue weighted by molar-refractivity contribution is 6.74. The minimum Gasteiger partial charge on any atom is -0.417 e. The molecule has 0 aliphatic heterocycles. The van der Waals surface area contributed by atoms with Crippen LogP contribution in [0.4, 0.5) is 0 Å². The molecule has 0 aromatic carbocycles. The molecule has 16 heavy (non-hydrogen) atoms. The molecular weight excluding hydrogens is 216 g/mol. The number of hydrogen-bond donors (Lipinski definition) is 1. The summed E-state index contributed by atoms with van der Waals surface area (Å²) in [5.41, 5.74) is 0. The van der Waals surface area contributed by atoms with Gasteiger partial charge in [-0.25, -0.2) is 0 Å². The Bertz CT molecular complexity index is 206. The summed E-state index contributed by atoms with van der Waals surface area (Å²) in [7, 11) is -1.61. The molecule has 0 bridgehead atoms. The van der Waals surface area contributed by atoms with E-state index in [9.17, 15) is 0 Å². The van der Waals surface area contributed by atoms with Gasteiger partial charge < -0.3 is 9.53 Å². The van der Waals surface area contributed by atoms with Gasteiger partial charge in [0.25, 0.3) is 0 Å². The second kappa shape index (κ2) is 6.57. The van der Waals surface area contributed by atoms with Crippen molar-refractivity contribution < 1.29 is 9.53 Å². The van der Waals surface area contributed by atoms with E-state index < -0.39 is 8.32 Å². The van der Waals surface area contributed by atoms with Crippen LogP contribution in [0.1, 0.15) is 33.6 Å². The van der Waals surface area contributed by atoms with Gasteiger partial charge >= 0.3 is 0 Å². The van der Waals surface area contributed by atoms with E-state index in [1.54, 1.807) is 0 Å². The molecule has 0 saturated carbocycles. The number of aliphatic hydroxyl groups excluding tert-OH is 1. The van der Waals surface area contributed by atoms with E-state index in [-0.39, 0.29) is 11.6 Å². The predicted molar refractivity (Wildman–Crippen MR) is 73.2 cm³/mol. The van der Waals surface area contributed by atoms with Crippen molar-refractivity contribution in [3.8, 4) is 0 Å². The molecule has 0 fully saturated rings. The van der Waals surface area contributed by atoms with Crippen LogP contribution in [0.2, 0.25) is 18.1 Å². The Labute approximate surface area is 102 Å². The SMILES string of the molecule is C=CC[C@H](CO)CCO[Si](C)(C)C(C)(C)C. The highest BCUT2D eigenvalue weighted by Crippen LogP contribution is 2.36. The molecule has 1 atom stereocenters. The third-order valence-corrected chi connectivity index (χ3v) is 8.09. The molecule has 96 valence electrons. The third kappa shape index (κ3) is 5.28. The van der Waals surface area contributed by atoms with Crippen LogP contribution in [0.25, 0.3) is 0 Å². The quantitative estimate of drug-likeness (QED) is 0.548. The van der Waals surface area contributed by atoms with Gasteiger partial charge in [0.1, 0.15) is 0 Å². The maximum absolute atomic E-state index is 9.15. The first-order valence-electron chi connectivity index (χ1n) is 6.10. The van der Waals surface area contributed by atoms with E-state index >= 15 is 0 Å². The summed E-state index contributed by atoms with van der Waals surface area (Å²) < 4.78 is 6.07. The number of hydrogen-bond acceptors (Lipinski definition) is 2. The summed E-state index contributed by atoms with van der Waals surface area (Å²) in [5.74, 6) is 0.308. The molecule has 1 N–H and O–H groups in total. The van der Waals surface area contributed by atoms with Gasteiger partial charge in [-0.05, 0) is 36.9 Å². The number of aliphatic hydroxyl groups is 1. The molecule has 0 spiro atoms. The van der Waals surface area contributed by atoms with Crippen LogP contribution in [0.5, 0.6) is 0 Å². The molecule has 2 nitrogen and oxygen atoms in total. The van der Waals surface area contributed by atoms with Gasteiger partial charge in [-0.3, -0.25) is 0 Å². The molecule has 0 aliphatic rings. The summed E-state index contributed by atoms with van der Waals surface area (Å²) in [6.07, 6.45) is 3.67. The Kier molecular flexibility index (Phi) is 6.52. The van der Waals surface area contributed by atoms with Gasteiger partial charge in [0, 0.05) is 13.2 Å². The molecule has 0 aromatic heterocycles. The smallest absolute Gasteiger partial charge is 0.191 e. The average Bonchev–Trinajstić information content (AvgIpc) is 2.14. The van der Waals surface area contributed by atoms with Crippen molar-refractivity contribution in [3.63, 3.8) is 0 Å². The minimum atomic E-state index is -1.61. The molecule has 0 aromatic rings. The summed E-state index contributed by atoms with van der Waals surface area (Å²) in [6.45, 7) is 15.9. The van der Waals surface area contributed by atoms with Crippen molar-refractivity contribution in [1.82, 2.24) is 0 Å². The van der Waals surface area contributed by atoms with Crippen molar-refractivity contribution in [2.45, 2.75) is 51.7 Å². The number of allylic oxidation sites excluding steroid dienone is 1. The minimum absolute atomic E-state index is 0.229. The molecule has 0 rings (SSSR count). The fourth-order valence-electron chi connectivity index (χ4n) is 1.22. The van der Waals surface area contributed by atoms with Crippen molar-refractivity contribution in [2.24, 2.45) is 5.92 Å². The van der Waals surface area contributed by atoms with Gasteiger partial charge in [-0.15, -0.1) is 6.58 Å². The van der Waals surface area contributed by atoms with E-state index in [1.165, 1.54) is 0 Å². The van der Waals surface area contributed by atoms with Crippen molar-refractivity contribution in [3.05, 3.63) is 12.7 Å². The largest absolute Gasteiger partial charge is 0.417 e. The first-order chi connectivity index (χ1) is 7.24. The summed E-state index contributed by atoms with van der Waals surface area (Å²) in [4.78, 5) is 0. The maximum Gasteiger partial charge on any atom is 0.191 e. The van der Waals surface area contributed by atoms with Crippen molar-refractivity contribution in [1.29, 1.82) is 0 Å². The monoisotopic (exact) mass is 244 g/mol. The fraction of sp³-hybridized carbons (Fsp3) is 0.846. The van der Waals surface area contributed by atoms with Gasteiger partial charge in [0.15, 0.2) is 8.32 Å². The predicted octanol–water partition coefficient (Wildman–Crippen LogP) is 3.58. The highest BCUT2D eigenvalue weighted by atomic mass is 28.4. The molecular formula is C13H28O2Si. The van der Waals surface area contributed by atoms with Crippen LogP contribution in [0, 0.1) is 5.92 Å².